The predicted octanol–water partition coefficient (Wildman–Crippen LogP) is 2.79. The Hall–Kier alpha value is -3.97. The molecule has 0 radical (unpaired) electrons. The molecule has 1 saturated heterocycles. The minimum Gasteiger partial charge on any atom is -0.351 e. The van der Waals surface area contributed by atoms with E-state index in [2.05, 4.69) is 10.6 Å². The van der Waals surface area contributed by atoms with Gasteiger partial charge in [-0.15, -0.1) is 0 Å². The van der Waals surface area contributed by atoms with Gasteiger partial charge in [0.05, 0.1) is 6.54 Å². The molecule has 4 rings (SSSR count). The summed E-state index contributed by atoms with van der Waals surface area (Å²) in [5.74, 6) is -0.359. The van der Waals surface area contributed by atoms with Crippen molar-refractivity contribution in [3.05, 3.63) is 107 Å². The van der Waals surface area contributed by atoms with E-state index < -0.39 is 5.54 Å². The van der Waals surface area contributed by atoms with E-state index in [4.69, 9.17) is 5.41 Å². The summed E-state index contributed by atoms with van der Waals surface area (Å²) in [4.78, 5) is 29.9. The van der Waals surface area contributed by atoms with Gasteiger partial charge >= 0.3 is 0 Å². The number of rotatable bonds is 8. The minimum absolute atomic E-state index is 0.0264. The van der Waals surface area contributed by atoms with Crippen molar-refractivity contribution in [1.29, 1.82) is 5.41 Å². The summed E-state index contributed by atoms with van der Waals surface area (Å²) in [5.41, 5.74) is 1.66. The first-order valence-corrected chi connectivity index (χ1v) is 11.2. The summed E-state index contributed by atoms with van der Waals surface area (Å²) in [6, 6.07) is 26.1. The molecule has 1 aliphatic rings. The highest BCUT2D eigenvalue weighted by Crippen LogP contribution is 2.36. The van der Waals surface area contributed by atoms with Crippen LogP contribution in [0.15, 0.2) is 84.9 Å². The van der Waals surface area contributed by atoms with Crippen LogP contribution in [0.3, 0.4) is 0 Å². The molecule has 1 fully saturated rings. The van der Waals surface area contributed by atoms with Crippen LogP contribution in [0.4, 0.5) is 0 Å². The monoisotopic (exact) mass is 455 g/mol. The van der Waals surface area contributed by atoms with E-state index in [1.165, 1.54) is 4.90 Å². The normalized spacial score (nSPS) is 14.9. The third-order valence-corrected chi connectivity index (χ3v) is 5.93. The molecular formula is C27H29N5O2. The number of hydrogen-bond acceptors (Lipinski definition) is 4. The maximum atomic E-state index is 13.9. The molecule has 174 valence electrons. The number of nitrogens with zero attached hydrogens (tertiary/aromatic N) is 2. The second-order valence-corrected chi connectivity index (χ2v) is 8.61. The molecule has 3 N–H and O–H groups in total. The van der Waals surface area contributed by atoms with Gasteiger partial charge in [-0.3, -0.25) is 19.9 Å². The maximum Gasteiger partial charge on any atom is 0.264 e. The summed E-state index contributed by atoms with van der Waals surface area (Å²) in [6.07, 6.45) is 0. The van der Waals surface area contributed by atoms with Crippen molar-refractivity contribution in [2.24, 2.45) is 0 Å². The van der Waals surface area contributed by atoms with E-state index in [9.17, 15) is 9.59 Å². The standard InChI is InChI=1S/C27H29N5O2/c1-31(2)17-16-29-24(33)21-11-9-10-20(18-21)19-32-25(34)27(30-26(32)28,22-12-5-3-6-13-22)23-14-7-4-8-15-23/h3-15,18H,16-17,19H2,1-2H3,(H2,28,30)(H,29,33). The third kappa shape index (κ3) is 4.56. The number of hydrogen-bond donors (Lipinski definition) is 3. The minimum atomic E-state index is -1.18. The van der Waals surface area contributed by atoms with Crippen LogP contribution in [-0.4, -0.2) is 54.8 Å². The largest absolute Gasteiger partial charge is 0.351 e. The molecule has 2 amide bonds. The first-order chi connectivity index (χ1) is 16.4. The van der Waals surface area contributed by atoms with Gasteiger partial charge in [0.2, 0.25) is 0 Å². The van der Waals surface area contributed by atoms with Crippen LogP contribution in [0.5, 0.6) is 0 Å². The highest BCUT2D eigenvalue weighted by molar-refractivity contribution is 6.10. The van der Waals surface area contributed by atoms with Crippen molar-refractivity contribution < 1.29 is 9.59 Å². The number of guanidine groups is 1. The Morgan fingerprint density at radius 3 is 2.18 bits per heavy atom. The first kappa shape index (κ1) is 23.2. The molecule has 0 atom stereocenters. The van der Waals surface area contributed by atoms with Crippen molar-refractivity contribution in [3.63, 3.8) is 0 Å². The highest BCUT2D eigenvalue weighted by atomic mass is 16.2. The van der Waals surface area contributed by atoms with Gasteiger partial charge in [0.25, 0.3) is 11.8 Å². The van der Waals surface area contributed by atoms with Crippen LogP contribution in [0.1, 0.15) is 27.0 Å². The maximum absolute atomic E-state index is 13.9. The average molecular weight is 456 g/mol. The van der Waals surface area contributed by atoms with Crippen molar-refractivity contribution in [2.75, 3.05) is 27.2 Å². The Morgan fingerprint density at radius 2 is 1.59 bits per heavy atom. The fourth-order valence-corrected chi connectivity index (χ4v) is 4.18. The molecule has 0 saturated carbocycles. The Bertz CT molecular complexity index is 1140. The molecule has 1 aliphatic heterocycles. The summed E-state index contributed by atoms with van der Waals surface area (Å²) in [5, 5.41) is 14.7. The van der Waals surface area contributed by atoms with E-state index in [1.807, 2.05) is 85.7 Å². The van der Waals surface area contributed by atoms with Crippen LogP contribution < -0.4 is 10.6 Å². The zero-order valence-electron chi connectivity index (χ0n) is 19.4. The molecule has 3 aromatic carbocycles. The van der Waals surface area contributed by atoms with Crippen LogP contribution in [0, 0.1) is 5.41 Å². The van der Waals surface area contributed by atoms with Crippen LogP contribution in [-0.2, 0) is 16.9 Å². The molecule has 3 aromatic rings. The lowest BCUT2D eigenvalue weighted by molar-refractivity contribution is -0.130. The molecule has 0 unspecified atom stereocenters. The lowest BCUT2D eigenvalue weighted by Gasteiger charge is -2.28. The molecule has 0 spiro atoms. The first-order valence-electron chi connectivity index (χ1n) is 11.2. The zero-order valence-corrected chi connectivity index (χ0v) is 19.4. The third-order valence-electron chi connectivity index (χ3n) is 5.93. The molecule has 0 bridgehead atoms. The van der Waals surface area contributed by atoms with E-state index in [-0.39, 0.29) is 24.3 Å². The molecular weight excluding hydrogens is 426 g/mol. The molecule has 0 aromatic heterocycles. The van der Waals surface area contributed by atoms with Crippen molar-refractivity contribution in [2.45, 2.75) is 12.1 Å². The summed E-state index contributed by atoms with van der Waals surface area (Å²) < 4.78 is 0. The molecule has 1 heterocycles. The number of carbonyl (C=O) groups is 2. The lowest BCUT2D eigenvalue weighted by Crippen LogP contribution is -2.45. The lowest BCUT2D eigenvalue weighted by atomic mass is 9.82. The molecule has 34 heavy (non-hydrogen) atoms. The quantitative estimate of drug-likeness (QED) is 0.487. The summed E-state index contributed by atoms with van der Waals surface area (Å²) >= 11 is 0. The topological polar surface area (TPSA) is 88.5 Å². The Labute approximate surface area is 199 Å². The second-order valence-electron chi connectivity index (χ2n) is 8.61. The fraction of sp³-hybridized carbons (Fsp3) is 0.222. The van der Waals surface area contributed by atoms with Gasteiger partial charge in [-0.05, 0) is 42.9 Å². The van der Waals surface area contributed by atoms with Crippen molar-refractivity contribution >= 4 is 17.8 Å². The van der Waals surface area contributed by atoms with Gasteiger partial charge in [-0.2, -0.15) is 0 Å². The van der Waals surface area contributed by atoms with E-state index in [0.29, 0.717) is 12.1 Å². The Morgan fingerprint density at radius 1 is 0.971 bits per heavy atom. The van der Waals surface area contributed by atoms with Gasteiger partial charge in [0, 0.05) is 18.7 Å². The van der Waals surface area contributed by atoms with Gasteiger partial charge in [0.15, 0.2) is 11.5 Å². The van der Waals surface area contributed by atoms with E-state index >= 15 is 0 Å². The fourth-order valence-electron chi connectivity index (χ4n) is 4.18. The van der Waals surface area contributed by atoms with Crippen molar-refractivity contribution in [1.82, 2.24) is 20.4 Å². The Kier molecular flexibility index (Phi) is 6.75. The molecule has 7 heteroatoms. The number of nitrogens with one attached hydrogen (secondary N) is 3. The number of likely N-dealkylation sites (N-methyl/N-ethyl adjacent to an activating group) is 1. The SMILES string of the molecule is CN(C)CCNC(=O)c1cccc(CN2C(=N)NC(c3ccccc3)(c3ccccc3)C2=O)c1. The van der Waals surface area contributed by atoms with Gasteiger partial charge < -0.3 is 15.5 Å². The second kappa shape index (κ2) is 9.89. The van der Waals surface area contributed by atoms with Gasteiger partial charge in [-0.25, -0.2) is 0 Å². The van der Waals surface area contributed by atoms with Crippen LogP contribution >= 0.6 is 0 Å². The number of amides is 2. The van der Waals surface area contributed by atoms with Crippen LogP contribution in [0.25, 0.3) is 0 Å². The summed E-state index contributed by atoms with van der Waals surface area (Å²) in [7, 11) is 3.90. The van der Waals surface area contributed by atoms with E-state index in [0.717, 1.165) is 23.2 Å². The van der Waals surface area contributed by atoms with Gasteiger partial charge in [0.1, 0.15) is 0 Å². The summed E-state index contributed by atoms with van der Waals surface area (Å²) in [6.45, 7) is 1.48. The van der Waals surface area contributed by atoms with Gasteiger partial charge in [-0.1, -0.05) is 72.8 Å². The smallest absolute Gasteiger partial charge is 0.264 e. The molecule has 7 nitrogen and oxygen atoms in total. The number of benzene rings is 3. The zero-order chi connectivity index (χ0) is 24.1. The Balaban J connectivity index is 1.60. The molecule has 0 aliphatic carbocycles. The predicted molar refractivity (Wildman–Crippen MR) is 132 cm³/mol. The van der Waals surface area contributed by atoms with Crippen LogP contribution in [0.2, 0.25) is 0 Å². The highest BCUT2D eigenvalue weighted by Gasteiger charge is 2.52. The van der Waals surface area contributed by atoms with Crippen molar-refractivity contribution in [3.8, 4) is 0 Å². The van der Waals surface area contributed by atoms with E-state index in [1.54, 1.807) is 18.2 Å². The number of carbonyl (C=O) groups excluding carboxylic acids is 2. The average Bonchev–Trinajstić information content (AvgIpc) is 3.10.